The van der Waals surface area contributed by atoms with Crippen molar-refractivity contribution in [3.63, 3.8) is 0 Å². The fourth-order valence-corrected chi connectivity index (χ4v) is 1.00. The van der Waals surface area contributed by atoms with Crippen molar-refractivity contribution in [3.05, 3.63) is 36.2 Å². The van der Waals surface area contributed by atoms with Crippen LogP contribution in [0.25, 0.3) is 0 Å². The van der Waals surface area contributed by atoms with Crippen LogP contribution in [-0.2, 0) is 6.42 Å². The first-order chi connectivity index (χ1) is 6.08. The summed E-state index contributed by atoms with van der Waals surface area (Å²) in [6, 6.07) is 0. The molecule has 1 aromatic rings. The van der Waals surface area contributed by atoms with Crippen LogP contribution in [0.2, 0.25) is 0 Å². The van der Waals surface area contributed by atoms with Crippen molar-refractivity contribution in [1.82, 2.24) is 20.5 Å². The van der Waals surface area contributed by atoms with Crippen molar-refractivity contribution < 1.29 is 0 Å². The molecule has 0 aliphatic carbocycles. The molecule has 0 spiro atoms. The van der Waals surface area contributed by atoms with Crippen LogP contribution in [0.1, 0.15) is 18.6 Å². The first-order valence-electron chi connectivity index (χ1n) is 4.06. The van der Waals surface area contributed by atoms with Crippen molar-refractivity contribution in [1.29, 1.82) is 0 Å². The lowest BCUT2D eigenvalue weighted by molar-refractivity contribution is 0.870. The first kappa shape index (κ1) is 9.51. The molecule has 0 bridgehead atoms. The van der Waals surface area contributed by atoms with Gasteiger partial charge in [-0.2, -0.15) is 5.10 Å². The zero-order valence-corrected chi connectivity index (χ0v) is 8.02. The minimum Gasteiger partial charge on any atom is -0.363 e. The summed E-state index contributed by atoms with van der Waals surface area (Å²) in [7, 11) is 0. The zero-order chi connectivity index (χ0) is 9.84. The van der Waals surface area contributed by atoms with Gasteiger partial charge in [-0.25, -0.2) is 4.98 Å². The van der Waals surface area contributed by atoms with Crippen LogP contribution in [0.15, 0.2) is 24.6 Å². The molecular weight excluding hydrogens is 164 g/mol. The fraction of sp³-hybridized carbons (Fsp3) is 0.333. The van der Waals surface area contributed by atoms with Crippen molar-refractivity contribution >= 4 is 0 Å². The molecule has 0 unspecified atom stereocenters. The molecule has 1 aromatic heterocycles. The summed E-state index contributed by atoms with van der Waals surface area (Å²) >= 11 is 0. The predicted octanol–water partition coefficient (Wildman–Crippen LogP) is 1.29. The van der Waals surface area contributed by atoms with E-state index in [1.54, 1.807) is 0 Å². The molecule has 0 radical (unpaired) electrons. The first-order valence-corrected chi connectivity index (χ1v) is 4.06. The maximum absolute atomic E-state index is 4.16. The summed E-state index contributed by atoms with van der Waals surface area (Å²) in [4.78, 5) is 4.16. The van der Waals surface area contributed by atoms with E-state index in [1.807, 2.05) is 13.8 Å². The standard InChI is InChI=1S/C9H14N4/c1-6(2)10-7(3)5-9-11-8(4)12-13-9/h10H,1,3,5H2,2,4H3,(H,11,12,13). The van der Waals surface area contributed by atoms with E-state index < -0.39 is 0 Å². The number of allylic oxidation sites excluding steroid dienone is 2. The van der Waals surface area contributed by atoms with Gasteiger partial charge in [0.15, 0.2) is 5.82 Å². The molecule has 0 atom stereocenters. The van der Waals surface area contributed by atoms with Gasteiger partial charge in [0, 0.05) is 17.8 Å². The van der Waals surface area contributed by atoms with Crippen LogP contribution >= 0.6 is 0 Å². The number of aryl methyl sites for hydroxylation is 1. The molecule has 13 heavy (non-hydrogen) atoms. The molecule has 0 aromatic carbocycles. The van der Waals surface area contributed by atoms with Crippen molar-refractivity contribution in [3.8, 4) is 0 Å². The van der Waals surface area contributed by atoms with E-state index in [1.165, 1.54) is 0 Å². The third kappa shape index (κ3) is 3.11. The lowest BCUT2D eigenvalue weighted by Crippen LogP contribution is -2.11. The van der Waals surface area contributed by atoms with Gasteiger partial charge in [0.25, 0.3) is 0 Å². The van der Waals surface area contributed by atoms with Gasteiger partial charge >= 0.3 is 0 Å². The third-order valence-corrected chi connectivity index (χ3v) is 1.41. The van der Waals surface area contributed by atoms with Gasteiger partial charge in [0.2, 0.25) is 0 Å². The molecule has 1 rings (SSSR count). The molecule has 2 N–H and O–H groups in total. The zero-order valence-electron chi connectivity index (χ0n) is 8.02. The van der Waals surface area contributed by atoms with E-state index >= 15 is 0 Å². The number of aromatic amines is 1. The van der Waals surface area contributed by atoms with Crippen LogP contribution in [-0.4, -0.2) is 15.2 Å². The van der Waals surface area contributed by atoms with Crippen LogP contribution < -0.4 is 5.32 Å². The molecule has 0 fully saturated rings. The Morgan fingerprint density at radius 1 is 1.54 bits per heavy atom. The van der Waals surface area contributed by atoms with Crippen molar-refractivity contribution in [2.45, 2.75) is 20.3 Å². The maximum atomic E-state index is 4.16. The Morgan fingerprint density at radius 3 is 2.69 bits per heavy atom. The van der Waals surface area contributed by atoms with Crippen LogP contribution in [0.5, 0.6) is 0 Å². The second-order valence-electron chi connectivity index (χ2n) is 3.02. The summed E-state index contributed by atoms with van der Waals surface area (Å²) in [6.07, 6.45) is 0.622. The molecule has 4 heteroatoms. The SMILES string of the molecule is C=C(C)NC(=C)Cc1n[nH]c(C)n1. The van der Waals surface area contributed by atoms with Gasteiger partial charge in [0.1, 0.15) is 5.82 Å². The molecular formula is C9H14N4. The second-order valence-corrected chi connectivity index (χ2v) is 3.02. The Bertz CT molecular complexity index is 324. The number of H-pyrrole nitrogens is 1. The number of hydrogen-bond donors (Lipinski definition) is 2. The summed E-state index contributed by atoms with van der Waals surface area (Å²) in [5.41, 5.74) is 1.73. The number of nitrogens with one attached hydrogen (secondary N) is 2. The van der Waals surface area contributed by atoms with Crippen LogP contribution in [0.3, 0.4) is 0 Å². The topological polar surface area (TPSA) is 53.6 Å². The Kier molecular flexibility index (Phi) is 2.84. The van der Waals surface area contributed by atoms with Gasteiger partial charge in [-0.15, -0.1) is 0 Å². The number of hydrogen-bond acceptors (Lipinski definition) is 3. The van der Waals surface area contributed by atoms with Gasteiger partial charge in [-0.05, 0) is 13.8 Å². The monoisotopic (exact) mass is 178 g/mol. The van der Waals surface area contributed by atoms with E-state index in [0.29, 0.717) is 6.42 Å². The van der Waals surface area contributed by atoms with Crippen molar-refractivity contribution in [2.75, 3.05) is 0 Å². The molecule has 0 saturated heterocycles. The second kappa shape index (κ2) is 3.89. The average molecular weight is 178 g/mol. The minimum atomic E-state index is 0.622. The largest absolute Gasteiger partial charge is 0.363 e. The van der Waals surface area contributed by atoms with Gasteiger partial charge in [0.05, 0.1) is 0 Å². The summed E-state index contributed by atoms with van der Waals surface area (Å²) in [5, 5.41) is 9.79. The molecule has 0 aliphatic rings. The predicted molar refractivity (Wildman–Crippen MR) is 51.9 cm³/mol. The summed E-state index contributed by atoms with van der Waals surface area (Å²) < 4.78 is 0. The van der Waals surface area contributed by atoms with E-state index in [-0.39, 0.29) is 0 Å². The highest BCUT2D eigenvalue weighted by atomic mass is 15.2. The lowest BCUT2D eigenvalue weighted by atomic mass is 10.3. The fourth-order valence-electron chi connectivity index (χ4n) is 1.00. The molecule has 0 amide bonds. The number of rotatable bonds is 4. The molecule has 0 saturated carbocycles. The summed E-state index contributed by atoms with van der Waals surface area (Å²) in [6.45, 7) is 11.3. The Labute approximate surface area is 77.8 Å². The van der Waals surface area contributed by atoms with Gasteiger partial charge < -0.3 is 5.32 Å². The van der Waals surface area contributed by atoms with E-state index in [9.17, 15) is 0 Å². The van der Waals surface area contributed by atoms with Crippen LogP contribution in [0, 0.1) is 6.92 Å². The van der Waals surface area contributed by atoms with Crippen LogP contribution in [0.4, 0.5) is 0 Å². The molecule has 1 heterocycles. The highest BCUT2D eigenvalue weighted by molar-refractivity contribution is 5.08. The van der Waals surface area contributed by atoms with Gasteiger partial charge in [-0.3, -0.25) is 5.10 Å². The minimum absolute atomic E-state index is 0.622. The van der Waals surface area contributed by atoms with Crippen molar-refractivity contribution in [2.24, 2.45) is 0 Å². The van der Waals surface area contributed by atoms with E-state index in [4.69, 9.17) is 0 Å². The smallest absolute Gasteiger partial charge is 0.156 e. The molecule has 0 aliphatic heterocycles. The molecule has 70 valence electrons. The van der Waals surface area contributed by atoms with E-state index in [2.05, 4.69) is 33.7 Å². The Morgan fingerprint density at radius 2 is 2.23 bits per heavy atom. The number of nitrogens with zero attached hydrogens (tertiary/aromatic N) is 2. The Hall–Kier alpha value is -1.58. The maximum Gasteiger partial charge on any atom is 0.156 e. The normalized spacial score (nSPS) is 9.69. The quantitative estimate of drug-likeness (QED) is 0.730. The average Bonchev–Trinajstić information content (AvgIpc) is 2.33. The molecule has 4 nitrogen and oxygen atoms in total. The van der Waals surface area contributed by atoms with Gasteiger partial charge in [-0.1, -0.05) is 13.2 Å². The third-order valence-electron chi connectivity index (χ3n) is 1.41. The summed E-state index contributed by atoms with van der Waals surface area (Å²) in [5.74, 6) is 1.56. The Balaban J connectivity index is 2.50. The highest BCUT2D eigenvalue weighted by Crippen LogP contribution is 1.99. The lowest BCUT2D eigenvalue weighted by Gasteiger charge is -2.05. The highest BCUT2D eigenvalue weighted by Gasteiger charge is 2.01. The number of aromatic nitrogens is 3. The van der Waals surface area contributed by atoms with E-state index in [0.717, 1.165) is 23.0 Å².